The number of aryl methyl sites for hydroxylation is 2. The lowest BCUT2D eigenvalue weighted by molar-refractivity contribution is -0.121. The highest BCUT2D eigenvalue weighted by Crippen LogP contribution is 2.35. The third-order valence-corrected chi connectivity index (χ3v) is 8.72. The zero-order valence-corrected chi connectivity index (χ0v) is 26.2. The Bertz CT molecular complexity index is 1810. The topological polar surface area (TPSA) is 95.6 Å². The van der Waals surface area contributed by atoms with Crippen LogP contribution in [0.2, 0.25) is 0 Å². The zero-order chi connectivity index (χ0) is 31.4. The Labute approximate surface area is 266 Å². The largest absolute Gasteiger partial charge is 0.321 e. The van der Waals surface area contributed by atoms with E-state index in [2.05, 4.69) is 26.6 Å². The molecule has 1 saturated heterocycles. The number of thioether (sulfide) groups is 1. The summed E-state index contributed by atoms with van der Waals surface area (Å²) in [6.45, 7) is 3.90. The summed E-state index contributed by atoms with van der Waals surface area (Å²) < 4.78 is 15.1. The minimum absolute atomic E-state index is 0.0508. The normalized spacial score (nSPS) is 15.0. The van der Waals surface area contributed by atoms with Gasteiger partial charge in [-0.3, -0.25) is 19.2 Å². The second-order valence-corrected chi connectivity index (χ2v) is 12.4. The van der Waals surface area contributed by atoms with Gasteiger partial charge in [-0.15, -0.1) is 11.8 Å². The van der Waals surface area contributed by atoms with Gasteiger partial charge in [-0.05, 0) is 91.2 Å². The van der Waals surface area contributed by atoms with Crippen LogP contribution in [0.3, 0.4) is 0 Å². The van der Waals surface area contributed by atoms with Crippen LogP contribution in [-0.4, -0.2) is 28.9 Å². The van der Waals surface area contributed by atoms with Crippen molar-refractivity contribution in [2.75, 3.05) is 10.2 Å². The summed E-state index contributed by atoms with van der Waals surface area (Å²) in [6, 6.07) is 24.9. The molecule has 0 radical (unpaired) electrons. The Morgan fingerprint density at radius 1 is 0.932 bits per heavy atom. The van der Waals surface area contributed by atoms with Gasteiger partial charge in [-0.1, -0.05) is 52.3 Å². The van der Waals surface area contributed by atoms with Gasteiger partial charge in [0.1, 0.15) is 11.5 Å². The predicted molar refractivity (Wildman–Crippen MR) is 174 cm³/mol. The summed E-state index contributed by atoms with van der Waals surface area (Å²) in [5, 5.41) is 4.69. The van der Waals surface area contributed by atoms with E-state index in [1.807, 2.05) is 26.0 Å². The van der Waals surface area contributed by atoms with Crippen molar-refractivity contribution in [2.45, 2.75) is 30.4 Å². The minimum atomic E-state index is -0.774. The van der Waals surface area contributed by atoms with Gasteiger partial charge in [0.25, 0.3) is 11.8 Å². The quantitative estimate of drug-likeness (QED) is 0.155. The highest BCUT2D eigenvalue weighted by molar-refractivity contribution is 9.10. The SMILES string of the molecule is Cc1ccc(N2C(=O)CC(Sc3cccc(NC(=O)C(=Cc4ccc(Br)cc4)NC(=O)c4ccccc4F)c3)C2=O)cc1C. The van der Waals surface area contributed by atoms with E-state index in [0.29, 0.717) is 21.8 Å². The first-order valence-corrected chi connectivity index (χ1v) is 15.3. The molecule has 4 amide bonds. The fraction of sp³-hybridized carbons (Fsp3) is 0.118. The van der Waals surface area contributed by atoms with Crippen LogP contribution in [0.1, 0.15) is 33.5 Å². The lowest BCUT2D eigenvalue weighted by Crippen LogP contribution is -2.31. The van der Waals surface area contributed by atoms with Gasteiger partial charge in [0, 0.05) is 21.5 Å². The van der Waals surface area contributed by atoms with E-state index in [1.165, 1.54) is 47.0 Å². The molecule has 10 heteroatoms. The summed E-state index contributed by atoms with van der Waals surface area (Å²) in [7, 11) is 0. The van der Waals surface area contributed by atoms with Crippen LogP contribution < -0.4 is 15.5 Å². The van der Waals surface area contributed by atoms with Crippen molar-refractivity contribution >= 4 is 68.8 Å². The maximum Gasteiger partial charge on any atom is 0.272 e. The summed E-state index contributed by atoms with van der Waals surface area (Å²) in [6.07, 6.45) is 1.54. The molecule has 0 aromatic heterocycles. The molecule has 1 aliphatic rings. The minimum Gasteiger partial charge on any atom is -0.321 e. The summed E-state index contributed by atoms with van der Waals surface area (Å²) in [5.41, 5.74) is 3.35. The first kappa shape index (κ1) is 30.9. The van der Waals surface area contributed by atoms with Crippen LogP contribution in [-0.2, 0) is 14.4 Å². The average molecular weight is 673 g/mol. The molecule has 1 atom stereocenters. The molecule has 1 heterocycles. The standard InChI is InChI=1S/C34H27BrFN3O4S/c1-20-10-15-25(16-21(20)2)39-31(40)19-30(34(39)43)44-26-7-5-6-24(18-26)37-33(42)29(17-22-11-13-23(35)14-12-22)38-32(41)27-8-3-4-9-28(27)36/h3-18,30H,19H2,1-2H3,(H,37,42)(H,38,41). The Morgan fingerprint density at radius 2 is 1.68 bits per heavy atom. The summed E-state index contributed by atoms with van der Waals surface area (Å²) >= 11 is 4.61. The van der Waals surface area contributed by atoms with Crippen LogP contribution in [0.15, 0.2) is 106 Å². The lowest BCUT2D eigenvalue weighted by Gasteiger charge is -2.16. The number of carbonyl (C=O) groups excluding carboxylic acids is 4. The third kappa shape index (κ3) is 7.15. The fourth-order valence-corrected chi connectivity index (χ4v) is 5.94. The van der Waals surface area contributed by atoms with Crippen molar-refractivity contribution < 1.29 is 23.6 Å². The molecule has 0 saturated carbocycles. The number of rotatable bonds is 8. The average Bonchev–Trinajstić information content (AvgIpc) is 3.27. The second kappa shape index (κ2) is 13.4. The molecule has 4 aromatic carbocycles. The Hall–Kier alpha value is -4.54. The Kier molecular flexibility index (Phi) is 9.41. The zero-order valence-electron chi connectivity index (χ0n) is 23.8. The summed E-state index contributed by atoms with van der Waals surface area (Å²) in [5.74, 6) is -2.69. The van der Waals surface area contributed by atoms with Gasteiger partial charge in [-0.2, -0.15) is 0 Å². The van der Waals surface area contributed by atoms with Crippen molar-refractivity contribution in [3.05, 3.63) is 129 Å². The van der Waals surface area contributed by atoms with E-state index < -0.39 is 22.9 Å². The number of nitrogens with one attached hydrogen (secondary N) is 2. The van der Waals surface area contributed by atoms with E-state index in [-0.39, 0.29) is 29.5 Å². The highest BCUT2D eigenvalue weighted by Gasteiger charge is 2.40. The first-order chi connectivity index (χ1) is 21.1. The molecule has 0 spiro atoms. The number of hydrogen-bond acceptors (Lipinski definition) is 5. The van der Waals surface area contributed by atoms with Gasteiger partial charge in [0.2, 0.25) is 11.8 Å². The molecule has 44 heavy (non-hydrogen) atoms. The number of halogens is 2. The van der Waals surface area contributed by atoms with Crippen molar-refractivity contribution in [3.8, 4) is 0 Å². The van der Waals surface area contributed by atoms with Crippen LogP contribution in [0.25, 0.3) is 6.08 Å². The third-order valence-electron chi connectivity index (χ3n) is 7.02. The highest BCUT2D eigenvalue weighted by atomic mass is 79.9. The van der Waals surface area contributed by atoms with Crippen LogP contribution in [0.4, 0.5) is 15.8 Å². The van der Waals surface area contributed by atoms with Gasteiger partial charge in [0.15, 0.2) is 0 Å². The molecule has 0 bridgehead atoms. The van der Waals surface area contributed by atoms with Crippen molar-refractivity contribution in [1.82, 2.24) is 5.32 Å². The number of amides is 4. The predicted octanol–water partition coefficient (Wildman–Crippen LogP) is 7.04. The molecule has 1 unspecified atom stereocenters. The molecule has 1 aliphatic heterocycles. The van der Waals surface area contributed by atoms with Crippen LogP contribution in [0.5, 0.6) is 0 Å². The number of benzene rings is 4. The number of hydrogen-bond donors (Lipinski definition) is 2. The Balaban J connectivity index is 1.33. The van der Waals surface area contributed by atoms with Gasteiger partial charge < -0.3 is 10.6 Å². The molecule has 1 fully saturated rings. The van der Waals surface area contributed by atoms with Crippen LogP contribution in [0, 0.1) is 19.7 Å². The molecule has 5 rings (SSSR count). The molecule has 0 aliphatic carbocycles. The molecule has 2 N–H and O–H groups in total. The van der Waals surface area contributed by atoms with Gasteiger partial charge in [0.05, 0.1) is 16.5 Å². The fourth-order valence-electron chi connectivity index (χ4n) is 4.56. The second-order valence-electron chi connectivity index (χ2n) is 10.2. The first-order valence-electron chi connectivity index (χ1n) is 13.6. The van der Waals surface area contributed by atoms with E-state index in [4.69, 9.17) is 0 Å². The molecule has 7 nitrogen and oxygen atoms in total. The van der Waals surface area contributed by atoms with Gasteiger partial charge >= 0.3 is 0 Å². The number of nitrogens with zero attached hydrogens (tertiary/aromatic N) is 1. The van der Waals surface area contributed by atoms with E-state index in [9.17, 15) is 23.6 Å². The van der Waals surface area contributed by atoms with E-state index in [1.54, 1.807) is 54.6 Å². The summed E-state index contributed by atoms with van der Waals surface area (Å²) in [4.78, 5) is 54.3. The molecule has 4 aromatic rings. The monoisotopic (exact) mass is 671 g/mol. The smallest absolute Gasteiger partial charge is 0.272 e. The molecule has 222 valence electrons. The van der Waals surface area contributed by atoms with Crippen molar-refractivity contribution in [1.29, 1.82) is 0 Å². The maximum absolute atomic E-state index is 14.3. The van der Waals surface area contributed by atoms with Crippen molar-refractivity contribution in [3.63, 3.8) is 0 Å². The van der Waals surface area contributed by atoms with E-state index in [0.717, 1.165) is 15.6 Å². The maximum atomic E-state index is 14.3. The number of carbonyl (C=O) groups is 4. The van der Waals surface area contributed by atoms with E-state index >= 15 is 0 Å². The van der Waals surface area contributed by atoms with Gasteiger partial charge in [-0.25, -0.2) is 9.29 Å². The lowest BCUT2D eigenvalue weighted by atomic mass is 10.1. The molecular formula is C34H27BrFN3O4S. The molecular weight excluding hydrogens is 645 g/mol. The van der Waals surface area contributed by atoms with Crippen LogP contribution >= 0.6 is 27.7 Å². The Morgan fingerprint density at radius 3 is 2.41 bits per heavy atom. The van der Waals surface area contributed by atoms with Crippen molar-refractivity contribution in [2.24, 2.45) is 0 Å². The number of imide groups is 1. The number of anilines is 2.